The van der Waals surface area contributed by atoms with Crippen LogP contribution >= 0.6 is 0 Å². The Hall–Kier alpha value is -0.0800. The summed E-state index contributed by atoms with van der Waals surface area (Å²) in [6.07, 6.45) is 2.10. The van der Waals surface area contributed by atoms with E-state index in [1.807, 2.05) is 0 Å². The Bertz CT molecular complexity index is 167. The van der Waals surface area contributed by atoms with Crippen LogP contribution < -0.4 is 0 Å². The van der Waals surface area contributed by atoms with Crippen LogP contribution in [-0.2, 0) is 0 Å². The highest BCUT2D eigenvalue weighted by atomic mass is 16.3. The van der Waals surface area contributed by atoms with Gasteiger partial charge in [-0.1, -0.05) is 13.8 Å². The number of hydrogen-bond acceptors (Lipinski definition) is 2. The van der Waals surface area contributed by atoms with Crippen molar-refractivity contribution < 1.29 is 5.11 Å². The number of piperidine rings is 1. The van der Waals surface area contributed by atoms with Crippen LogP contribution in [0.25, 0.3) is 0 Å². The van der Waals surface area contributed by atoms with E-state index in [0.717, 1.165) is 25.9 Å². The van der Waals surface area contributed by atoms with E-state index in [4.69, 9.17) is 0 Å². The number of β-amino-alcohol motifs (C(OH)–C–C–N with tert-alkyl or cyclic N) is 1. The molecule has 0 bridgehead atoms. The van der Waals surface area contributed by atoms with Crippen LogP contribution in [0.3, 0.4) is 0 Å². The van der Waals surface area contributed by atoms with Crippen molar-refractivity contribution in [3.05, 3.63) is 0 Å². The lowest BCUT2D eigenvalue weighted by Crippen LogP contribution is -2.53. The van der Waals surface area contributed by atoms with Crippen LogP contribution in [0.5, 0.6) is 0 Å². The van der Waals surface area contributed by atoms with Crippen molar-refractivity contribution in [2.45, 2.75) is 52.2 Å². The topological polar surface area (TPSA) is 23.5 Å². The molecule has 1 fully saturated rings. The van der Waals surface area contributed by atoms with E-state index in [2.05, 4.69) is 32.6 Å². The molecule has 1 heterocycles. The predicted octanol–water partition coefficient (Wildman–Crippen LogP) is 1.88. The highest BCUT2D eigenvalue weighted by molar-refractivity contribution is 4.90. The number of likely N-dealkylation sites (tertiary alicyclic amines) is 1. The molecule has 1 aliphatic heterocycles. The highest BCUT2D eigenvalue weighted by Crippen LogP contribution is 2.28. The lowest BCUT2D eigenvalue weighted by molar-refractivity contribution is -0.0716. The second-order valence-electron chi connectivity index (χ2n) is 4.93. The maximum absolute atomic E-state index is 10.3. The normalized spacial score (nSPS) is 31.6. The minimum absolute atomic E-state index is 0.369. The first-order chi connectivity index (χ1) is 5.96. The summed E-state index contributed by atoms with van der Waals surface area (Å²) in [6, 6.07) is 0.561. The van der Waals surface area contributed by atoms with Crippen LogP contribution in [0.4, 0.5) is 0 Å². The fourth-order valence-corrected chi connectivity index (χ4v) is 2.01. The molecule has 78 valence electrons. The SMILES string of the molecule is CC(C)N1CCC[C@](O)(C(C)C)C1. The van der Waals surface area contributed by atoms with Gasteiger partial charge in [-0.25, -0.2) is 0 Å². The minimum atomic E-state index is -0.442. The van der Waals surface area contributed by atoms with Crippen molar-refractivity contribution in [2.75, 3.05) is 13.1 Å². The fraction of sp³-hybridized carbons (Fsp3) is 1.00. The van der Waals surface area contributed by atoms with Gasteiger partial charge in [0, 0.05) is 12.6 Å². The standard InChI is InChI=1S/C11H23NO/c1-9(2)11(13)6-5-7-12(8-11)10(3)4/h9-10,13H,5-8H2,1-4H3/t11-/m1/s1. The van der Waals surface area contributed by atoms with Gasteiger partial charge in [0.15, 0.2) is 0 Å². The van der Waals surface area contributed by atoms with E-state index < -0.39 is 5.60 Å². The number of aliphatic hydroxyl groups is 1. The van der Waals surface area contributed by atoms with Crippen LogP contribution in [-0.4, -0.2) is 34.7 Å². The second-order valence-corrected chi connectivity index (χ2v) is 4.93. The summed E-state index contributed by atoms with van der Waals surface area (Å²) in [4.78, 5) is 2.38. The van der Waals surface area contributed by atoms with Gasteiger partial charge in [-0.15, -0.1) is 0 Å². The zero-order valence-electron chi connectivity index (χ0n) is 9.38. The molecule has 0 aromatic rings. The van der Waals surface area contributed by atoms with Crippen LogP contribution in [0.1, 0.15) is 40.5 Å². The monoisotopic (exact) mass is 185 g/mol. The summed E-state index contributed by atoms with van der Waals surface area (Å²) >= 11 is 0. The summed E-state index contributed by atoms with van der Waals surface area (Å²) in [5.74, 6) is 0.369. The molecule has 1 atom stereocenters. The van der Waals surface area contributed by atoms with Crippen LogP contribution in [0, 0.1) is 5.92 Å². The highest BCUT2D eigenvalue weighted by Gasteiger charge is 2.36. The molecule has 0 amide bonds. The maximum Gasteiger partial charge on any atom is 0.0797 e. The molecule has 0 radical (unpaired) electrons. The molecule has 0 aromatic carbocycles. The van der Waals surface area contributed by atoms with Crippen molar-refractivity contribution >= 4 is 0 Å². The molecule has 0 spiro atoms. The van der Waals surface area contributed by atoms with E-state index in [1.54, 1.807) is 0 Å². The van der Waals surface area contributed by atoms with Gasteiger partial charge < -0.3 is 5.11 Å². The van der Waals surface area contributed by atoms with E-state index in [1.165, 1.54) is 0 Å². The Labute approximate surface area is 81.9 Å². The third-order valence-corrected chi connectivity index (χ3v) is 3.34. The second kappa shape index (κ2) is 3.97. The smallest absolute Gasteiger partial charge is 0.0797 e. The zero-order valence-corrected chi connectivity index (χ0v) is 9.38. The third kappa shape index (κ3) is 2.44. The van der Waals surface area contributed by atoms with Crippen LogP contribution in [0.2, 0.25) is 0 Å². The molecular weight excluding hydrogens is 162 g/mol. The van der Waals surface area contributed by atoms with Crippen molar-refractivity contribution in [2.24, 2.45) is 5.92 Å². The Kier molecular flexibility index (Phi) is 3.36. The number of hydrogen-bond donors (Lipinski definition) is 1. The quantitative estimate of drug-likeness (QED) is 0.710. The molecule has 2 heteroatoms. The average molecular weight is 185 g/mol. The summed E-state index contributed by atoms with van der Waals surface area (Å²) in [6.45, 7) is 10.6. The third-order valence-electron chi connectivity index (χ3n) is 3.34. The van der Waals surface area contributed by atoms with Gasteiger partial charge in [0.2, 0.25) is 0 Å². The summed E-state index contributed by atoms with van der Waals surface area (Å²) in [7, 11) is 0. The van der Waals surface area contributed by atoms with Crippen molar-refractivity contribution in [1.29, 1.82) is 0 Å². The number of nitrogens with zero attached hydrogens (tertiary/aromatic N) is 1. The Morgan fingerprint density at radius 1 is 1.23 bits per heavy atom. The van der Waals surface area contributed by atoms with Gasteiger partial charge in [0.25, 0.3) is 0 Å². The van der Waals surface area contributed by atoms with Gasteiger partial charge in [0.05, 0.1) is 5.60 Å². The molecule has 0 unspecified atom stereocenters. The molecule has 1 aliphatic rings. The largest absolute Gasteiger partial charge is 0.388 e. The number of rotatable bonds is 2. The molecule has 0 saturated carbocycles. The van der Waals surface area contributed by atoms with Crippen molar-refractivity contribution in [3.63, 3.8) is 0 Å². The predicted molar refractivity (Wildman–Crippen MR) is 55.7 cm³/mol. The zero-order chi connectivity index (χ0) is 10.1. The fourth-order valence-electron chi connectivity index (χ4n) is 2.01. The molecule has 0 aliphatic carbocycles. The Balaban J connectivity index is 2.60. The lowest BCUT2D eigenvalue weighted by Gasteiger charge is -2.43. The maximum atomic E-state index is 10.3. The van der Waals surface area contributed by atoms with E-state index in [-0.39, 0.29) is 0 Å². The Morgan fingerprint density at radius 2 is 1.85 bits per heavy atom. The van der Waals surface area contributed by atoms with Gasteiger partial charge >= 0.3 is 0 Å². The molecule has 1 saturated heterocycles. The van der Waals surface area contributed by atoms with E-state index >= 15 is 0 Å². The molecule has 1 N–H and O–H groups in total. The summed E-state index contributed by atoms with van der Waals surface area (Å²) < 4.78 is 0. The van der Waals surface area contributed by atoms with Gasteiger partial charge in [-0.05, 0) is 39.2 Å². The summed E-state index contributed by atoms with van der Waals surface area (Å²) in [5, 5.41) is 10.3. The molecule has 13 heavy (non-hydrogen) atoms. The average Bonchev–Trinajstić information content (AvgIpc) is 2.04. The van der Waals surface area contributed by atoms with Crippen molar-refractivity contribution in [3.8, 4) is 0 Å². The minimum Gasteiger partial charge on any atom is -0.388 e. The first kappa shape index (κ1) is 11.0. The van der Waals surface area contributed by atoms with Crippen LogP contribution in [0.15, 0.2) is 0 Å². The van der Waals surface area contributed by atoms with Crippen molar-refractivity contribution in [1.82, 2.24) is 4.90 Å². The van der Waals surface area contributed by atoms with Gasteiger partial charge in [0.1, 0.15) is 0 Å². The summed E-state index contributed by atoms with van der Waals surface area (Å²) in [5.41, 5.74) is -0.442. The molecular formula is C11H23NO. The van der Waals surface area contributed by atoms with E-state index in [9.17, 15) is 5.11 Å². The first-order valence-electron chi connectivity index (χ1n) is 5.42. The molecule has 0 aromatic heterocycles. The molecule has 2 nitrogen and oxygen atoms in total. The Morgan fingerprint density at radius 3 is 2.31 bits per heavy atom. The van der Waals surface area contributed by atoms with E-state index in [0.29, 0.717) is 12.0 Å². The lowest BCUT2D eigenvalue weighted by atomic mass is 9.82. The first-order valence-corrected chi connectivity index (χ1v) is 5.42. The molecule has 1 rings (SSSR count). The van der Waals surface area contributed by atoms with Gasteiger partial charge in [-0.2, -0.15) is 0 Å². The van der Waals surface area contributed by atoms with Gasteiger partial charge in [-0.3, -0.25) is 4.90 Å².